The minimum atomic E-state index is 0.0154. The van der Waals surface area contributed by atoms with Crippen molar-refractivity contribution >= 4 is 39.1 Å². The number of aryl methyl sites for hydroxylation is 2. The highest BCUT2D eigenvalue weighted by atomic mass is 79.9. The zero-order chi connectivity index (χ0) is 18.7. The molecule has 0 saturated carbocycles. The highest BCUT2D eigenvalue weighted by Crippen LogP contribution is 2.25. The molecule has 1 heterocycles. The number of anilines is 1. The standard InChI is InChI=1S/C20H18BrClN2O2/c1-13-11-15(21)5-8-17(13)24(2)20(25)10-9-19-23-12-18(26-19)14-3-6-16(22)7-4-14/h3-8,11-12H,9-10H2,1-2H3. The number of nitrogens with zero attached hydrogens (tertiary/aromatic N) is 2. The minimum Gasteiger partial charge on any atom is -0.441 e. The van der Waals surface area contributed by atoms with Crippen molar-refractivity contribution in [3.8, 4) is 11.3 Å². The van der Waals surface area contributed by atoms with Gasteiger partial charge in [0.05, 0.1) is 6.20 Å². The molecule has 3 rings (SSSR count). The lowest BCUT2D eigenvalue weighted by molar-refractivity contribution is -0.118. The van der Waals surface area contributed by atoms with Crippen LogP contribution in [-0.4, -0.2) is 17.9 Å². The summed E-state index contributed by atoms with van der Waals surface area (Å²) in [6.45, 7) is 1.98. The Morgan fingerprint density at radius 1 is 1.23 bits per heavy atom. The first kappa shape index (κ1) is 18.7. The van der Waals surface area contributed by atoms with Gasteiger partial charge in [0.15, 0.2) is 11.7 Å². The van der Waals surface area contributed by atoms with Crippen molar-refractivity contribution in [1.82, 2.24) is 4.98 Å². The Balaban J connectivity index is 1.63. The minimum absolute atomic E-state index is 0.0154. The van der Waals surface area contributed by atoms with Gasteiger partial charge in [0.1, 0.15) is 0 Å². The van der Waals surface area contributed by atoms with Gasteiger partial charge in [0, 0.05) is 40.6 Å². The SMILES string of the molecule is Cc1cc(Br)ccc1N(C)C(=O)CCc1ncc(-c2ccc(Cl)cc2)o1. The van der Waals surface area contributed by atoms with Gasteiger partial charge in [-0.3, -0.25) is 4.79 Å². The van der Waals surface area contributed by atoms with Crippen molar-refractivity contribution in [2.75, 3.05) is 11.9 Å². The third-order valence-electron chi connectivity index (χ3n) is 4.13. The topological polar surface area (TPSA) is 46.3 Å². The lowest BCUT2D eigenvalue weighted by atomic mass is 10.1. The second-order valence-corrected chi connectivity index (χ2v) is 7.36. The smallest absolute Gasteiger partial charge is 0.227 e. The quantitative estimate of drug-likeness (QED) is 0.521. The van der Waals surface area contributed by atoms with Crippen LogP contribution in [0.1, 0.15) is 17.9 Å². The lowest BCUT2D eigenvalue weighted by Gasteiger charge is -2.19. The summed E-state index contributed by atoms with van der Waals surface area (Å²) in [6, 6.07) is 13.2. The van der Waals surface area contributed by atoms with Crippen LogP contribution >= 0.6 is 27.5 Å². The van der Waals surface area contributed by atoms with Crippen molar-refractivity contribution in [3.05, 3.63) is 69.6 Å². The molecular formula is C20H18BrClN2O2. The number of carbonyl (C=O) groups is 1. The highest BCUT2D eigenvalue weighted by molar-refractivity contribution is 9.10. The van der Waals surface area contributed by atoms with Crippen molar-refractivity contribution in [1.29, 1.82) is 0 Å². The van der Waals surface area contributed by atoms with Crippen LogP contribution in [0.4, 0.5) is 5.69 Å². The first-order chi connectivity index (χ1) is 12.4. The average molecular weight is 434 g/mol. The Hall–Kier alpha value is -2.11. The van der Waals surface area contributed by atoms with Crippen LogP contribution in [0.3, 0.4) is 0 Å². The summed E-state index contributed by atoms with van der Waals surface area (Å²) >= 11 is 9.34. The van der Waals surface area contributed by atoms with E-state index in [0.29, 0.717) is 29.5 Å². The van der Waals surface area contributed by atoms with Gasteiger partial charge in [-0.05, 0) is 55.0 Å². The van der Waals surface area contributed by atoms with Gasteiger partial charge in [-0.1, -0.05) is 27.5 Å². The van der Waals surface area contributed by atoms with Crippen molar-refractivity contribution in [2.24, 2.45) is 0 Å². The molecule has 3 aromatic rings. The molecule has 0 N–H and O–H groups in total. The normalized spacial score (nSPS) is 10.8. The molecule has 0 radical (unpaired) electrons. The number of oxazole rings is 1. The molecule has 26 heavy (non-hydrogen) atoms. The van der Waals surface area contributed by atoms with E-state index in [2.05, 4.69) is 20.9 Å². The lowest BCUT2D eigenvalue weighted by Crippen LogP contribution is -2.27. The Kier molecular flexibility index (Phi) is 5.79. The van der Waals surface area contributed by atoms with E-state index >= 15 is 0 Å². The molecule has 0 aliphatic rings. The fraction of sp³-hybridized carbons (Fsp3) is 0.200. The summed E-state index contributed by atoms with van der Waals surface area (Å²) in [6.07, 6.45) is 2.45. The Morgan fingerprint density at radius 3 is 2.65 bits per heavy atom. The Bertz CT molecular complexity index is 922. The van der Waals surface area contributed by atoms with E-state index in [4.69, 9.17) is 16.0 Å². The molecule has 4 nitrogen and oxygen atoms in total. The van der Waals surface area contributed by atoms with E-state index in [1.165, 1.54) is 0 Å². The van der Waals surface area contributed by atoms with Gasteiger partial charge in [0.2, 0.25) is 5.91 Å². The monoisotopic (exact) mass is 432 g/mol. The zero-order valence-electron chi connectivity index (χ0n) is 14.5. The van der Waals surface area contributed by atoms with E-state index in [0.717, 1.165) is 21.3 Å². The van der Waals surface area contributed by atoms with Gasteiger partial charge in [0.25, 0.3) is 0 Å². The molecule has 2 aromatic carbocycles. The maximum Gasteiger partial charge on any atom is 0.227 e. The molecule has 0 spiro atoms. The van der Waals surface area contributed by atoms with Crippen LogP contribution in [0, 0.1) is 6.92 Å². The van der Waals surface area contributed by atoms with Gasteiger partial charge in [-0.25, -0.2) is 4.98 Å². The van der Waals surface area contributed by atoms with Crippen LogP contribution in [0.25, 0.3) is 11.3 Å². The number of hydrogen-bond donors (Lipinski definition) is 0. The molecule has 0 fully saturated rings. The molecule has 0 aliphatic carbocycles. The molecule has 0 atom stereocenters. The molecule has 6 heteroatoms. The predicted octanol–water partition coefficient (Wildman–Crippen LogP) is 5.66. The van der Waals surface area contributed by atoms with Crippen molar-refractivity contribution in [3.63, 3.8) is 0 Å². The first-order valence-corrected chi connectivity index (χ1v) is 9.34. The van der Waals surface area contributed by atoms with Gasteiger partial charge in [-0.2, -0.15) is 0 Å². The summed E-state index contributed by atoms with van der Waals surface area (Å²) in [5.41, 5.74) is 2.84. The van der Waals surface area contributed by atoms with Crippen LogP contribution in [-0.2, 0) is 11.2 Å². The van der Waals surface area contributed by atoms with Crippen molar-refractivity contribution < 1.29 is 9.21 Å². The summed E-state index contributed by atoms with van der Waals surface area (Å²) in [7, 11) is 1.78. The molecule has 0 unspecified atom stereocenters. The van der Waals surface area contributed by atoms with Gasteiger partial charge >= 0.3 is 0 Å². The number of aromatic nitrogens is 1. The Morgan fingerprint density at radius 2 is 1.96 bits per heavy atom. The van der Waals surface area contributed by atoms with E-state index in [-0.39, 0.29) is 5.91 Å². The van der Waals surface area contributed by atoms with Crippen LogP contribution < -0.4 is 4.90 Å². The van der Waals surface area contributed by atoms with E-state index in [1.807, 2.05) is 37.3 Å². The molecule has 1 aromatic heterocycles. The summed E-state index contributed by atoms with van der Waals surface area (Å²) in [5.74, 6) is 1.23. The van der Waals surface area contributed by atoms with Gasteiger partial charge < -0.3 is 9.32 Å². The fourth-order valence-corrected chi connectivity index (χ4v) is 3.29. The fourth-order valence-electron chi connectivity index (χ4n) is 2.68. The molecule has 134 valence electrons. The largest absolute Gasteiger partial charge is 0.441 e. The van der Waals surface area contributed by atoms with Gasteiger partial charge in [-0.15, -0.1) is 0 Å². The molecule has 0 aliphatic heterocycles. The number of carbonyl (C=O) groups excluding carboxylic acids is 1. The third-order valence-corrected chi connectivity index (χ3v) is 4.87. The zero-order valence-corrected chi connectivity index (χ0v) is 16.8. The Labute approximate surface area is 165 Å². The van der Waals surface area contributed by atoms with Crippen LogP contribution in [0.5, 0.6) is 0 Å². The summed E-state index contributed by atoms with van der Waals surface area (Å²) in [5, 5.41) is 0.672. The number of benzene rings is 2. The molecule has 1 amide bonds. The number of hydrogen-bond acceptors (Lipinski definition) is 3. The highest BCUT2D eigenvalue weighted by Gasteiger charge is 2.15. The molecular weight excluding hydrogens is 416 g/mol. The van der Waals surface area contributed by atoms with E-state index < -0.39 is 0 Å². The van der Waals surface area contributed by atoms with E-state index in [9.17, 15) is 4.79 Å². The average Bonchev–Trinajstić information content (AvgIpc) is 3.09. The molecule has 0 saturated heterocycles. The third kappa shape index (κ3) is 4.34. The molecule has 0 bridgehead atoms. The summed E-state index contributed by atoms with van der Waals surface area (Å²) in [4.78, 5) is 18.4. The maximum absolute atomic E-state index is 12.5. The predicted molar refractivity (Wildman–Crippen MR) is 108 cm³/mol. The number of rotatable bonds is 5. The van der Waals surface area contributed by atoms with Crippen molar-refractivity contribution in [2.45, 2.75) is 19.8 Å². The number of amides is 1. The number of halogens is 2. The second kappa shape index (κ2) is 8.06. The second-order valence-electron chi connectivity index (χ2n) is 6.01. The first-order valence-electron chi connectivity index (χ1n) is 8.17. The van der Waals surface area contributed by atoms with Crippen LogP contribution in [0.2, 0.25) is 5.02 Å². The van der Waals surface area contributed by atoms with E-state index in [1.54, 1.807) is 30.3 Å². The maximum atomic E-state index is 12.5. The summed E-state index contributed by atoms with van der Waals surface area (Å²) < 4.78 is 6.75. The van der Waals surface area contributed by atoms with Crippen LogP contribution in [0.15, 0.2) is 57.6 Å².